The Kier molecular flexibility index (Phi) is 3.90. The van der Waals surface area contributed by atoms with Gasteiger partial charge in [0, 0.05) is 19.7 Å². The summed E-state index contributed by atoms with van der Waals surface area (Å²) in [5, 5.41) is 0. The minimum Gasteiger partial charge on any atom is -0.374 e. The highest BCUT2D eigenvalue weighted by Gasteiger charge is 2.09. The Morgan fingerprint density at radius 3 is 2.40 bits per heavy atom. The first-order valence-electron chi connectivity index (χ1n) is 4.79. The largest absolute Gasteiger partial charge is 0.374 e. The second kappa shape index (κ2) is 5.18. The van der Waals surface area contributed by atoms with Crippen LogP contribution in [-0.4, -0.2) is 24.8 Å². The lowest BCUT2D eigenvalue weighted by atomic mass is 10.1. The Balaban J connectivity index is 2.77. The van der Waals surface area contributed by atoms with E-state index in [9.17, 15) is 4.79 Å². The molecule has 0 fully saturated rings. The Morgan fingerprint density at radius 1 is 1.33 bits per heavy atom. The zero-order valence-corrected chi connectivity index (χ0v) is 9.16. The highest BCUT2D eigenvalue weighted by molar-refractivity contribution is 5.97. The number of carbonyl (C=O) groups excluding carboxylic acids is 1. The molecule has 0 radical (unpaired) electrons. The smallest absolute Gasteiger partial charge is 0.169 e. The van der Waals surface area contributed by atoms with Crippen molar-refractivity contribution in [3.63, 3.8) is 0 Å². The predicted molar refractivity (Wildman–Crippen MR) is 61.7 cm³/mol. The molecule has 0 bridgehead atoms. The van der Waals surface area contributed by atoms with Crippen LogP contribution in [0.1, 0.15) is 16.8 Å². The highest BCUT2D eigenvalue weighted by atomic mass is 16.1. The number of benzene rings is 1. The number of ketones is 1. The van der Waals surface area contributed by atoms with E-state index in [1.807, 2.05) is 49.3 Å². The highest BCUT2D eigenvalue weighted by Crippen LogP contribution is 2.09. The molecule has 0 saturated carbocycles. The van der Waals surface area contributed by atoms with E-state index in [1.165, 1.54) is 0 Å². The zero-order valence-electron chi connectivity index (χ0n) is 9.16. The van der Waals surface area contributed by atoms with Gasteiger partial charge in [-0.15, -0.1) is 5.73 Å². The Labute approximate surface area is 90.5 Å². The SMILES string of the molecule is C=C=C(CC(=O)c1ccccc1)N(C)C. The van der Waals surface area contributed by atoms with Crippen molar-refractivity contribution in [3.05, 3.63) is 53.9 Å². The van der Waals surface area contributed by atoms with Crippen LogP contribution in [0.3, 0.4) is 0 Å². The molecule has 0 aliphatic heterocycles. The topological polar surface area (TPSA) is 20.3 Å². The van der Waals surface area contributed by atoms with Gasteiger partial charge in [0.15, 0.2) is 5.78 Å². The lowest BCUT2D eigenvalue weighted by Crippen LogP contribution is -2.14. The number of rotatable bonds is 4. The first-order chi connectivity index (χ1) is 7.15. The normalized spacial score (nSPS) is 9.20. The zero-order chi connectivity index (χ0) is 11.3. The van der Waals surface area contributed by atoms with Crippen molar-refractivity contribution in [2.24, 2.45) is 0 Å². The van der Waals surface area contributed by atoms with Crippen molar-refractivity contribution in [1.82, 2.24) is 4.90 Å². The summed E-state index contributed by atoms with van der Waals surface area (Å²) in [7, 11) is 3.76. The summed E-state index contributed by atoms with van der Waals surface area (Å²) in [5.41, 5.74) is 4.31. The van der Waals surface area contributed by atoms with Crippen LogP contribution >= 0.6 is 0 Å². The van der Waals surface area contributed by atoms with Gasteiger partial charge in [-0.05, 0) is 0 Å². The number of allylic oxidation sites excluding steroid dienone is 1. The molecule has 0 aromatic heterocycles. The number of Topliss-reactive ketones (excluding diaryl/α,β-unsaturated/α-hetero) is 1. The summed E-state index contributed by atoms with van der Waals surface area (Å²) in [6.45, 7) is 3.57. The fraction of sp³-hybridized carbons (Fsp3) is 0.231. The molecule has 0 atom stereocenters. The maximum Gasteiger partial charge on any atom is 0.169 e. The van der Waals surface area contributed by atoms with Gasteiger partial charge >= 0.3 is 0 Å². The summed E-state index contributed by atoms with van der Waals surface area (Å²) in [4.78, 5) is 13.7. The van der Waals surface area contributed by atoms with Crippen LogP contribution < -0.4 is 0 Å². The van der Waals surface area contributed by atoms with Crippen LogP contribution in [-0.2, 0) is 0 Å². The average molecular weight is 201 g/mol. The number of nitrogens with zero attached hydrogens (tertiary/aromatic N) is 1. The third-order valence-electron chi connectivity index (χ3n) is 2.17. The van der Waals surface area contributed by atoms with Crippen LogP contribution in [0.4, 0.5) is 0 Å². The summed E-state index contributed by atoms with van der Waals surface area (Å²) in [6.07, 6.45) is 0.348. The van der Waals surface area contributed by atoms with Gasteiger partial charge < -0.3 is 4.90 Å². The molecule has 0 saturated heterocycles. The van der Waals surface area contributed by atoms with E-state index in [4.69, 9.17) is 0 Å². The van der Waals surface area contributed by atoms with E-state index >= 15 is 0 Å². The van der Waals surface area contributed by atoms with Crippen LogP contribution in [0.25, 0.3) is 0 Å². The quantitative estimate of drug-likeness (QED) is 0.551. The maximum atomic E-state index is 11.8. The van der Waals surface area contributed by atoms with E-state index < -0.39 is 0 Å². The van der Waals surface area contributed by atoms with Crippen molar-refractivity contribution in [3.8, 4) is 0 Å². The van der Waals surface area contributed by atoms with E-state index in [-0.39, 0.29) is 5.78 Å². The third-order valence-corrected chi connectivity index (χ3v) is 2.17. The van der Waals surface area contributed by atoms with Crippen molar-refractivity contribution >= 4 is 5.78 Å². The third kappa shape index (κ3) is 3.12. The molecule has 0 spiro atoms. The summed E-state index contributed by atoms with van der Waals surface area (Å²) >= 11 is 0. The lowest BCUT2D eigenvalue weighted by Gasteiger charge is -2.13. The fourth-order valence-corrected chi connectivity index (χ4v) is 1.26. The molecule has 0 aliphatic rings. The summed E-state index contributed by atoms with van der Waals surface area (Å²) in [6, 6.07) is 9.25. The first-order valence-corrected chi connectivity index (χ1v) is 4.79. The van der Waals surface area contributed by atoms with E-state index in [0.717, 1.165) is 11.3 Å². The van der Waals surface area contributed by atoms with Gasteiger partial charge in [0.05, 0.1) is 12.1 Å². The molecule has 1 rings (SSSR count). The van der Waals surface area contributed by atoms with Crippen LogP contribution in [0.5, 0.6) is 0 Å². The molecule has 78 valence electrons. The van der Waals surface area contributed by atoms with E-state index in [1.54, 1.807) is 0 Å². The molecular weight excluding hydrogens is 186 g/mol. The van der Waals surface area contributed by atoms with Gasteiger partial charge in [-0.3, -0.25) is 4.79 Å². The Morgan fingerprint density at radius 2 is 1.93 bits per heavy atom. The van der Waals surface area contributed by atoms with Crippen LogP contribution in [0, 0.1) is 0 Å². The van der Waals surface area contributed by atoms with Crippen LogP contribution in [0.2, 0.25) is 0 Å². The molecule has 0 N–H and O–H groups in total. The monoisotopic (exact) mass is 201 g/mol. The Bertz CT molecular complexity index is 386. The minimum atomic E-state index is 0.0930. The van der Waals surface area contributed by atoms with Gasteiger partial charge in [-0.25, -0.2) is 0 Å². The van der Waals surface area contributed by atoms with Crippen molar-refractivity contribution in [2.75, 3.05) is 14.1 Å². The van der Waals surface area contributed by atoms with Crippen molar-refractivity contribution < 1.29 is 4.79 Å². The summed E-state index contributed by atoms with van der Waals surface area (Å²) < 4.78 is 0. The molecule has 0 amide bonds. The van der Waals surface area contributed by atoms with Gasteiger partial charge in [0.2, 0.25) is 0 Å². The fourth-order valence-electron chi connectivity index (χ4n) is 1.26. The van der Waals surface area contributed by atoms with Crippen LogP contribution in [0.15, 0.2) is 48.3 Å². The molecule has 1 aromatic carbocycles. The standard InChI is InChI=1S/C13H15NO/c1-4-12(14(2)3)10-13(15)11-8-6-5-7-9-11/h5-9H,1,10H2,2-3H3. The second-order valence-electron chi connectivity index (χ2n) is 3.48. The lowest BCUT2D eigenvalue weighted by molar-refractivity contribution is 0.0986. The number of carbonyl (C=O) groups is 1. The number of hydrogen-bond donors (Lipinski definition) is 0. The van der Waals surface area contributed by atoms with Gasteiger partial charge in [-0.2, -0.15) is 0 Å². The maximum absolute atomic E-state index is 11.8. The molecule has 2 nitrogen and oxygen atoms in total. The van der Waals surface area contributed by atoms with Crippen molar-refractivity contribution in [2.45, 2.75) is 6.42 Å². The first kappa shape index (κ1) is 11.3. The molecular formula is C13H15NO. The summed E-state index contributed by atoms with van der Waals surface area (Å²) in [5.74, 6) is 0.0930. The van der Waals surface area contributed by atoms with Gasteiger partial charge in [0.1, 0.15) is 0 Å². The average Bonchev–Trinajstić information content (AvgIpc) is 2.26. The van der Waals surface area contributed by atoms with Gasteiger partial charge in [0.25, 0.3) is 0 Å². The molecule has 0 aliphatic carbocycles. The van der Waals surface area contributed by atoms with E-state index in [0.29, 0.717) is 6.42 Å². The number of hydrogen-bond acceptors (Lipinski definition) is 2. The van der Waals surface area contributed by atoms with Crippen molar-refractivity contribution in [1.29, 1.82) is 0 Å². The van der Waals surface area contributed by atoms with Gasteiger partial charge in [-0.1, -0.05) is 36.9 Å². The Hall–Kier alpha value is -1.79. The molecule has 1 aromatic rings. The van der Waals surface area contributed by atoms with E-state index in [2.05, 4.69) is 12.3 Å². The minimum absolute atomic E-state index is 0.0930. The molecule has 0 unspecified atom stereocenters. The molecule has 0 heterocycles. The predicted octanol–water partition coefficient (Wildman–Crippen LogP) is 2.49. The molecule has 2 heteroatoms. The second-order valence-corrected chi connectivity index (χ2v) is 3.48. The molecule has 15 heavy (non-hydrogen) atoms.